The van der Waals surface area contributed by atoms with Crippen molar-refractivity contribution in [1.82, 2.24) is 5.32 Å². The molecular formula is C14H18FNO4. The summed E-state index contributed by atoms with van der Waals surface area (Å²) in [6, 6.07) is 3.98. The molecule has 1 aromatic rings. The molecule has 110 valence electrons. The van der Waals surface area contributed by atoms with E-state index >= 15 is 0 Å². The molecule has 1 aliphatic rings. The largest absolute Gasteiger partial charge is 0.478 e. The first kappa shape index (κ1) is 14.9. The van der Waals surface area contributed by atoms with E-state index in [0.29, 0.717) is 31.7 Å². The number of aromatic carboxylic acids is 1. The molecule has 20 heavy (non-hydrogen) atoms. The van der Waals surface area contributed by atoms with Gasteiger partial charge in [-0.05, 0) is 24.6 Å². The zero-order valence-electron chi connectivity index (χ0n) is 11.2. The Labute approximate surface area is 116 Å². The van der Waals surface area contributed by atoms with Crippen molar-refractivity contribution in [2.24, 2.45) is 0 Å². The second kappa shape index (κ2) is 5.87. The molecule has 1 aliphatic heterocycles. The predicted octanol–water partition coefficient (Wildman–Crippen LogP) is 1.15. The van der Waals surface area contributed by atoms with E-state index in [2.05, 4.69) is 5.32 Å². The molecule has 5 nitrogen and oxygen atoms in total. The Morgan fingerprint density at radius 2 is 2.35 bits per heavy atom. The summed E-state index contributed by atoms with van der Waals surface area (Å²) in [5, 5.41) is 22.1. The third-order valence-electron chi connectivity index (χ3n) is 3.68. The molecule has 1 saturated heterocycles. The quantitative estimate of drug-likeness (QED) is 0.755. The molecule has 0 aromatic heterocycles. The zero-order valence-corrected chi connectivity index (χ0v) is 11.2. The van der Waals surface area contributed by atoms with Crippen LogP contribution in [-0.4, -0.2) is 41.0 Å². The summed E-state index contributed by atoms with van der Waals surface area (Å²) >= 11 is 0. The van der Waals surface area contributed by atoms with Gasteiger partial charge in [-0.1, -0.05) is 6.07 Å². The zero-order chi connectivity index (χ0) is 14.8. The van der Waals surface area contributed by atoms with Gasteiger partial charge in [0.25, 0.3) is 0 Å². The number of hydrogen-bond donors (Lipinski definition) is 3. The van der Waals surface area contributed by atoms with Crippen LogP contribution in [0.2, 0.25) is 0 Å². The van der Waals surface area contributed by atoms with E-state index in [1.165, 1.54) is 12.1 Å². The molecule has 1 aromatic carbocycles. The van der Waals surface area contributed by atoms with Gasteiger partial charge in [0.05, 0.1) is 11.7 Å². The van der Waals surface area contributed by atoms with Crippen LogP contribution in [-0.2, 0) is 11.3 Å². The first-order valence-electron chi connectivity index (χ1n) is 6.49. The number of halogens is 1. The fourth-order valence-electron chi connectivity index (χ4n) is 2.27. The Kier molecular flexibility index (Phi) is 4.37. The van der Waals surface area contributed by atoms with Crippen LogP contribution in [0.4, 0.5) is 4.39 Å². The van der Waals surface area contributed by atoms with Gasteiger partial charge in [0.1, 0.15) is 11.4 Å². The summed E-state index contributed by atoms with van der Waals surface area (Å²) < 4.78 is 18.8. The molecule has 0 radical (unpaired) electrons. The minimum absolute atomic E-state index is 0.235. The molecule has 0 aliphatic carbocycles. The smallest absolute Gasteiger partial charge is 0.338 e. The summed E-state index contributed by atoms with van der Waals surface area (Å²) in [6.07, 6.45) is 0.328. The predicted molar refractivity (Wildman–Crippen MR) is 70.0 cm³/mol. The topological polar surface area (TPSA) is 78.8 Å². The number of carboxylic acid groups (broad SMARTS) is 1. The van der Waals surface area contributed by atoms with Crippen molar-refractivity contribution in [2.45, 2.75) is 31.6 Å². The van der Waals surface area contributed by atoms with Gasteiger partial charge in [0.15, 0.2) is 0 Å². The summed E-state index contributed by atoms with van der Waals surface area (Å²) in [7, 11) is 0. The van der Waals surface area contributed by atoms with Gasteiger partial charge >= 0.3 is 5.97 Å². The third-order valence-corrected chi connectivity index (χ3v) is 3.68. The van der Waals surface area contributed by atoms with Crippen LogP contribution in [0.1, 0.15) is 29.3 Å². The number of aliphatic hydroxyl groups is 1. The van der Waals surface area contributed by atoms with E-state index in [1.54, 1.807) is 6.07 Å². The van der Waals surface area contributed by atoms with Gasteiger partial charge in [-0.2, -0.15) is 0 Å². The first-order chi connectivity index (χ1) is 9.42. The van der Waals surface area contributed by atoms with Gasteiger partial charge in [0.2, 0.25) is 0 Å². The van der Waals surface area contributed by atoms with E-state index in [9.17, 15) is 14.3 Å². The number of ether oxygens (including phenoxy) is 1. The normalized spacial score (nSPS) is 25.9. The maximum absolute atomic E-state index is 13.5. The molecule has 1 heterocycles. The second-order valence-electron chi connectivity index (χ2n) is 5.09. The Morgan fingerprint density at radius 1 is 1.60 bits per heavy atom. The van der Waals surface area contributed by atoms with E-state index in [4.69, 9.17) is 9.84 Å². The molecule has 3 N–H and O–H groups in total. The fourth-order valence-corrected chi connectivity index (χ4v) is 2.27. The highest BCUT2D eigenvalue weighted by molar-refractivity contribution is 5.87. The van der Waals surface area contributed by atoms with E-state index in [0.717, 1.165) is 0 Å². The Hall–Kier alpha value is -1.50. The molecule has 1 fully saturated rings. The van der Waals surface area contributed by atoms with Gasteiger partial charge in [-0.3, -0.25) is 0 Å². The number of rotatable bonds is 5. The lowest BCUT2D eigenvalue weighted by molar-refractivity contribution is -0.0262. The lowest BCUT2D eigenvalue weighted by Crippen LogP contribution is -2.45. The summed E-state index contributed by atoms with van der Waals surface area (Å²) in [4.78, 5) is 10.7. The minimum Gasteiger partial charge on any atom is -0.478 e. The van der Waals surface area contributed by atoms with Crippen molar-refractivity contribution < 1.29 is 24.1 Å². The minimum atomic E-state index is -1.28. The standard InChI is InChI=1S/C14H18FNO4/c1-9-14(19,4-5-20-9)8-16-7-10-2-3-11(13(17)18)12(15)6-10/h2-3,6,9,16,19H,4-5,7-8H2,1H3,(H,17,18). The van der Waals surface area contributed by atoms with Crippen LogP contribution in [0.25, 0.3) is 0 Å². The fraction of sp³-hybridized carbons (Fsp3) is 0.500. The third kappa shape index (κ3) is 3.15. The van der Waals surface area contributed by atoms with Crippen molar-refractivity contribution >= 4 is 5.97 Å². The Bertz CT molecular complexity index is 508. The lowest BCUT2D eigenvalue weighted by Gasteiger charge is -2.26. The average Bonchev–Trinajstić information content (AvgIpc) is 2.69. The van der Waals surface area contributed by atoms with Gasteiger partial charge in [-0.15, -0.1) is 0 Å². The Morgan fingerprint density at radius 3 is 2.90 bits per heavy atom. The van der Waals surface area contributed by atoms with Crippen LogP contribution >= 0.6 is 0 Å². The van der Waals surface area contributed by atoms with E-state index in [1.807, 2.05) is 6.92 Å². The monoisotopic (exact) mass is 283 g/mol. The molecule has 2 rings (SSSR count). The van der Waals surface area contributed by atoms with Crippen molar-refractivity contribution in [1.29, 1.82) is 0 Å². The highest BCUT2D eigenvalue weighted by Crippen LogP contribution is 2.24. The molecular weight excluding hydrogens is 265 g/mol. The number of nitrogens with one attached hydrogen (secondary N) is 1. The molecule has 2 unspecified atom stereocenters. The van der Waals surface area contributed by atoms with E-state index < -0.39 is 17.4 Å². The number of carboxylic acids is 1. The SMILES string of the molecule is CC1OCCC1(O)CNCc1ccc(C(=O)O)c(F)c1. The van der Waals surface area contributed by atoms with Crippen LogP contribution in [0.15, 0.2) is 18.2 Å². The van der Waals surface area contributed by atoms with Gasteiger partial charge in [0, 0.05) is 26.1 Å². The summed E-state index contributed by atoms with van der Waals surface area (Å²) in [6.45, 7) is 3.04. The number of hydrogen-bond acceptors (Lipinski definition) is 4. The van der Waals surface area contributed by atoms with Crippen molar-refractivity contribution in [3.63, 3.8) is 0 Å². The summed E-state index contributed by atoms with van der Waals surface area (Å²) in [5.74, 6) is -2.04. The van der Waals surface area contributed by atoms with Crippen LogP contribution in [0, 0.1) is 5.82 Å². The van der Waals surface area contributed by atoms with Crippen molar-refractivity contribution in [3.05, 3.63) is 35.1 Å². The van der Waals surface area contributed by atoms with Crippen molar-refractivity contribution in [3.8, 4) is 0 Å². The maximum atomic E-state index is 13.5. The Balaban J connectivity index is 1.91. The highest BCUT2D eigenvalue weighted by atomic mass is 19.1. The number of benzene rings is 1. The number of carbonyl (C=O) groups is 1. The molecule has 6 heteroatoms. The molecule has 0 spiro atoms. The highest BCUT2D eigenvalue weighted by Gasteiger charge is 2.38. The van der Waals surface area contributed by atoms with Crippen molar-refractivity contribution in [2.75, 3.05) is 13.2 Å². The van der Waals surface area contributed by atoms with E-state index in [-0.39, 0.29) is 11.7 Å². The van der Waals surface area contributed by atoms with Gasteiger partial charge < -0.3 is 20.3 Å². The first-order valence-corrected chi connectivity index (χ1v) is 6.49. The molecule has 2 atom stereocenters. The molecule has 0 saturated carbocycles. The molecule has 0 bridgehead atoms. The summed E-state index contributed by atoms with van der Waals surface area (Å²) in [5.41, 5.74) is -0.618. The molecule has 0 amide bonds. The van der Waals surface area contributed by atoms with Crippen LogP contribution in [0.3, 0.4) is 0 Å². The lowest BCUT2D eigenvalue weighted by atomic mass is 9.96. The van der Waals surface area contributed by atoms with Gasteiger partial charge in [-0.25, -0.2) is 9.18 Å². The average molecular weight is 283 g/mol. The maximum Gasteiger partial charge on any atom is 0.338 e. The van der Waals surface area contributed by atoms with Crippen LogP contribution < -0.4 is 5.32 Å². The van der Waals surface area contributed by atoms with Crippen LogP contribution in [0.5, 0.6) is 0 Å². The second-order valence-corrected chi connectivity index (χ2v) is 5.09.